The van der Waals surface area contributed by atoms with E-state index in [-0.39, 0.29) is 10.8 Å². The van der Waals surface area contributed by atoms with E-state index < -0.39 is 15.6 Å². The Labute approximate surface area is 144 Å². The van der Waals surface area contributed by atoms with Gasteiger partial charge in [0.1, 0.15) is 0 Å². The van der Waals surface area contributed by atoms with E-state index in [1.54, 1.807) is 0 Å². The number of nitrogens with two attached hydrogens (primary N) is 1. The molecule has 0 saturated carbocycles. The second-order valence-corrected chi connectivity index (χ2v) is 9.22. The van der Waals surface area contributed by atoms with Crippen LogP contribution in [0.3, 0.4) is 0 Å². The molecule has 1 heterocycles. The minimum Gasteiger partial charge on any atom is -0.350 e. The fourth-order valence-electron chi connectivity index (χ4n) is 2.56. The number of benzene rings is 1. The molecule has 1 aromatic rings. The molecular formula is C17H27N3O3S. The highest BCUT2D eigenvalue weighted by Crippen LogP contribution is 2.23. The van der Waals surface area contributed by atoms with Crippen LogP contribution in [0, 0.1) is 5.92 Å². The van der Waals surface area contributed by atoms with Gasteiger partial charge in [0, 0.05) is 30.7 Å². The third-order valence-electron chi connectivity index (χ3n) is 4.20. The number of sulfonamides is 1. The summed E-state index contributed by atoms with van der Waals surface area (Å²) in [4.78, 5) is 12.3. The predicted molar refractivity (Wildman–Crippen MR) is 94.2 cm³/mol. The molecule has 0 unspecified atom stereocenters. The zero-order valence-corrected chi connectivity index (χ0v) is 15.4. The second-order valence-electron chi connectivity index (χ2n) is 7.28. The second kappa shape index (κ2) is 7.21. The van der Waals surface area contributed by atoms with Gasteiger partial charge < -0.3 is 11.1 Å². The van der Waals surface area contributed by atoms with Crippen LogP contribution in [0.25, 0.3) is 0 Å². The van der Waals surface area contributed by atoms with Crippen molar-refractivity contribution < 1.29 is 13.2 Å². The highest BCUT2D eigenvalue weighted by molar-refractivity contribution is 7.89. The first-order valence-corrected chi connectivity index (χ1v) is 9.71. The first-order chi connectivity index (χ1) is 11.1. The molecular weight excluding hydrogens is 326 g/mol. The van der Waals surface area contributed by atoms with Crippen LogP contribution in [0.5, 0.6) is 0 Å². The lowest BCUT2D eigenvalue weighted by molar-refractivity contribution is 0.0946. The van der Waals surface area contributed by atoms with E-state index in [1.165, 1.54) is 28.6 Å². The fourth-order valence-corrected chi connectivity index (χ4v) is 4.03. The highest BCUT2D eigenvalue weighted by atomic mass is 32.2. The molecule has 24 heavy (non-hydrogen) atoms. The number of amides is 1. The van der Waals surface area contributed by atoms with Gasteiger partial charge in [-0.25, -0.2) is 8.42 Å². The summed E-state index contributed by atoms with van der Waals surface area (Å²) in [6, 6.07) is 6.07. The molecule has 1 fully saturated rings. The van der Waals surface area contributed by atoms with Gasteiger partial charge in [0.05, 0.1) is 4.90 Å². The average molecular weight is 353 g/mol. The average Bonchev–Trinajstić information content (AvgIpc) is 2.52. The molecule has 0 spiro atoms. The summed E-state index contributed by atoms with van der Waals surface area (Å²) < 4.78 is 26.8. The third-order valence-corrected chi connectivity index (χ3v) is 6.11. The van der Waals surface area contributed by atoms with E-state index in [0.717, 1.165) is 12.8 Å². The number of nitrogens with one attached hydrogen (secondary N) is 1. The van der Waals surface area contributed by atoms with Gasteiger partial charge in [0.25, 0.3) is 5.91 Å². The number of rotatable bonds is 5. The summed E-state index contributed by atoms with van der Waals surface area (Å²) in [6.07, 6.45) is 1.77. The maximum absolute atomic E-state index is 12.6. The predicted octanol–water partition coefficient (Wildman–Crippen LogP) is 1.57. The molecule has 1 aliphatic rings. The Morgan fingerprint density at radius 3 is 2.29 bits per heavy atom. The van der Waals surface area contributed by atoms with Crippen molar-refractivity contribution in [3.63, 3.8) is 0 Å². The molecule has 1 aromatic carbocycles. The van der Waals surface area contributed by atoms with Crippen molar-refractivity contribution in [3.05, 3.63) is 29.8 Å². The molecule has 1 amide bonds. The topological polar surface area (TPSA) is 92.5 Å². The molecule has 0 bridgehead atoms. The Morgan fingerprint density at radius 1 is 1.25 bits per heavy atom. The van der Waals surface area contributed by atoms with Crippen LogP contribution >= 0.6 is 0 Å². The molecule has 0 aliphatic carbocycles. The van der Waals surface area contributed by atoms with Crippen molar-refractivity contribution in [2.24, 2.45) is 11.7 Å². The quantitative estimate of drug-likeness (QED) is 0.840. The molecule has 1 saturated heterocycles. The lowest BCUT2D eigenvalue weighted by Crippen LogP contribution is -2.45. The highest BCUT2D eigenvalue weighted by Gasteiger charge is 2.28. The van der Waals surface area contributed by atoms with Gasteiger partial charge in [-0.3, -0.25) is 4.79 Å². The van der Waals surface area contributed by atoms with Gasteiger partial charge in [-0.1, -0.05) is 6.92 Å². The Hall–Kier alpha value is -1.44. The molecule has 6 nitrogen and oxygen atoms in total. The SMILES string of the molecule is CC1CCN(S(=O)(=O)c2ccc(C(=O)NCC(C)(C)N)cc2)CC1. The van der Waals surface area contributed by atoms with Crippen molar-refractivity contribution in [1.29, 1.82) is 0 Å². The molecule has 2 rings (SSSR count). The number of carbonyl (C=O) groups excluding carboxylic acids is 1. The number of carbonyl (C=O) groups is 1. The standard InChI is InChI=1S/C17H27N3O3S/c1-13-8-10-20(11-9-13)24(22,23)15-6-4-14(5-7-15)16(21)19-12-17(2,3)18/h4-7,13H,8-12,18H2,1-3H3,(H,19,21). The lowest BCUT2D eigenvalue weighted by atomic mass is 10.0. The van der Waals surface area contributed by atoms with Crippen molar-refractivity contribution >= 4 is 15.9 Å². The molecule has 7 heteroatoms. The van der Waals surface area contributed by atoms with Crippen molar-refractivity contribution in [1.82, 2.24) is 9.62 Å². The van der Waals surface area contributed by atoms with Crippen molar-refractivity contribution in [2.75, 3.05) is 19.6 Å². The molecule has 0 aromatic heterocycles. The maximum Gasteiger partial charge on any atom is 0.251 e. The normalized spacial score (nSPS) is 17.7. The number of hydrogen-bond donors (Lipinski definition) is 2. The van der Waals surface area contributed by atoms with Gasteiger partial charge in [0.2, 0.25) is 10.0 Å². The van der Waals surface area contributed by atoms with E-state index in [1.807, 2.05) is 13.8 Å². The van der Waals surface area contributed by atoms with Gasteiger partial charge in [0.15, 0.2) is 0 Å². The Bertz CT molecular complexity index is 670. The number of nitrogens with zero attached hydrogens (tertiary/aromatic N) is 1. The summed E-state index contributed by atoms with van der Waals surface area (Å²) in [6.45, 7) is 7.23. The molecule has 0 atom stereocenters. The van der Waals surface area contributed by atoms with Crippen LogP contribution < -0.4 is 11.1 Å². The summed E-state index contributed by atoms with van der Waals surface area (Å²) in [7, 11) is -3.48. The summed E-state index contributed by atoms with van der Waals surface area (Å²) in [5.74, 6) is 0.304. The first kappa shape index (κ1) is 18.9. The molecule has 3 N–H and O–H groups in total. The summed E-state index contributed by atoms with van der Waals surface area (Å²) >= 11 is 0. The van der Waals surface area contributed by atoms with Crippen LogP contribution in [-0.4, -0.2) is 43.8 Å². The molecule has 134 valence electrons. The smallest absolute Gasteiger partial charge is 0.251 e. The number of piperidine rings is 1. The van der Waals surface area contributed by atoms with Gasteiger partial charge in [-0.15, -0.1) is 0 Å². The largest absolute Gasteiger partial charge is 0.350 e. The minimum absolute atomic E-state index is 0.229. The van der Waals surface area contributed by atoms with Crippen LogP contribution in [0.4, 0.5) is 0 Å². The fraction of sp³-hybridized carbons (Fsp3) is 0.588. The van der Waals surface area contributed by atoms with E-state index in [0.29, 0.717) is 31.1 Å². The van der Waals surface area contributed by atoms with Gasteiger partial charge >= 0.3 is 0 Å². The molecule has 0 radical (unpaired) electrons. The maximum atomic E-state index is 12.6. The minimum atomic E-state index is -3.48. The van der Waals surface area contributed by atoms with Crippen LogP contribution in [0.1, 0.15) is 44.0 Å². The zero-order chi connectivity index (χ0) is 18.0. The third kappa shape index (κ3) is 4.78. The van der Waals surface area contributed by atoms with E-state index in [4.69, 9.17) is 5.73 Å². The van der Waals surface area contributed by atoms with E-state index >= 15 is 0 Å². The zero-order valence-electron chi connectivity index (χ0n) is 14.6. The monoisotopic (exact) mass is 353 g/mol. The van der Waals surface area contributed by atoms with E-state index in [9.17, 15) is 13.2 Å². The number of hydrogen-bond acceptors (Lipinski definition) is 4. The van der Waals surface area contributed by atoms with E-state index in [2.05, 4.69) is 12.2 Å². The van der Waals surface area contributed by atoms with Crippen molar-refractivity contribution in [3.8, 4) is 0 Å². The summed E-state index contributed by atoms with van der Waals surface area (Å²) in [5, 5.41) is 2.74. The van der Waals surface area contributed by atoms with Gasteiger partial charge in [-0.05, 0) is 56.9 Å². The van der Waals surface area contributed by atoms with Crippen LogP contribution in [0.15, 0.2) is 29.2 Å². The Morgan fingerprint density at radius 2 is 1.79 bits per heavy atom. The molecule has 1 aliphatic heterocycles. The van der Waals surface area contributed by atoms with Gasteiger partial charge in [-0.2, -0.15) is 4.31 Å². The Balaban J connectivity index is 2.07. The van der Waals surface area contributed by atoms with Crippen LogP contribution in [-0.2, 0) is 10.0 Å². The Kier molecular flexibility index (Phi) is 5.67. The lowest BCUT2D eigenvalue weighted by Gasteiger charge is -2.29. The summed E-state index contributed by atoms with van der Waals surface area (Å²) in [5.41, 5.74) is 5.76. The van der Waals surface area contributed by atoms with Crippen LogP contribution in [0.2, 0.25) is 0 Å². The van der Waals surface area contributed by atoms with Crippen molar-refractivity contribution in [2.45, 2.75) is 44.0 Å². The first-order valence-electron chi connectivity index (χ1n) is 8.27.